The van der Waals surface area contributed by atoms with E-state index < -0.39 is 23.8 Å². The van der Waals surface area contributed by atoms with Gasteiger partial charge in [-0.3, -0.25) is 9.59 Å². The predicted octanol–water partition coefficient (Wildman–Crippen LogP) is 9.38. The molecule has 356 valence electrons. The Morgan fingerprint density at radius 1 is 0.838 bits per heavy atom. The van der Waals surface area contributed by atoms with Crippen LogP contribution < -0.4 is 10.6 Å². The topological polar surface area (TPSA) is 175 Å². The van der Waals surface area contributed by atoms with E-state index >= 15 is 0 Å². The van der Waals surface area contributed by atoms with Crippen LogP contribution >= 0.6 is 0 Å². The minimum absolute atomic E-state index is 0.0225. The first-order valence-corrected chi connectivity index (χ1v) is 25.0. The van der Waals surface area contributed by atoms with Crippen molar-refractivity contribution in [1.82, 2.24) is 40.4 Å². The lowest BCUT2D eigenvalue weighted by atomic mass is 9.73. The third-order valence-corrected chi connectivity index (χ3v) is 17.3. The number of rotatable bonds is 11. The van der Waals surface area contributed by atoms with Crippen molar-refractivity contribution in [2.75, 3.05) is 27.3 Å². The summed E-state index contributed by atoms with van der Waals surface area (Å²) in [7, 11) is 2.65. The summed E-state index contributed by atoms with van der Waals surface area (Å²) in [5.41, 5.74) is 11.0. The van der Waals surface area contributed by atoms with Crippen molar-refractivity contribution < 1.29 is 28.7 Å². The average Bonchev–Trinajstić information content (AvgIpc) is 3.89. The fourth-order valence-corrected chi connectivity index (χ4v) is 13.7. The van der Waals surface area contributed by atoms with Crippen LogP contribution in [0.1, 0.15) is 120 Å². The quantitative estimate of drug-likeness (QED) is 0.101. The van der Waals surface area contributed by atoms with E-state index in [1.54, 1.807) is 5.56 Å². The van der Waals surface area contributed by atoms with Crippen LogP contribution in [0.15, 0.2) is 60.8 Å². The number of H-pyrrole nitrogens is 2. The summed E-state index contributed by atoms with van der Waals surface area (Å²) in [5, 5.41) is 5.69. The highest BCUT2D eigenvalue weighted by molar-refractivity contribution is 5.95. The van der Waals surface area contributed by atoms with Gasteiger partial charge in [-0.15, -0.1) is 0 Å². The number of hydrogen-bond donors (Lipinski definition) is 4. The van der Waals surface area contributed by atoms with Gasteiger partial charge in [-0.25, -0.2) is 19.6 Å². The molecule has 2 aliphatic heterocycles. The molecular formula is C54H64N8O6. The van der Waals surface area contributed by atoms with Gasteiger partial charge in [-0.05, 0) is 144 Å². The van der Waals surface area contributed by atoms with Gasteiger partial charge >= 0.3 is 12.2 Å². The number of likely N-dealkylation sites (tertiary alicyclic amines) is 2. The molecule has 3 saturated carbocycles. The number of methoxy groups -OCH3 is 2. The first-order valence-electron chi connectivity index (χ1n) is 25.0. The summed E-state index contributed by atoms with van der Waals surface area (Å²) in [4.78, 5) is 73.6. The number of ether oxygens (including phenoxy) is 2. The molecule has 9 atom stereocenters. The van der Waals surface area contributed by atoms with E-state index in [1.807, 2.05) is 36.8 Å². The number of imidazole rings is 2. The molecule has 2 saturated heterocycles. The largest absolute Gasteiger partial charge is 0.453 e. The third-order valence-electron chi connectivity index (χ3n) is 17.3. The number of aromatic nitrogens is 4. The monoisotopic (exact) mass is 920 g/mol. The molecule has 4 heterocycles. The van der Waals surface area contributed by atoms with Crippen LogP contribution in [0.3, 0.4) is 0 Å². The minimum Gasteiger partial charge on any atom is -0.453 e. The molecule has 4 N–H and O–H groups in total. The number of alkyl carbamates (subject to hydrolysis) is 2. The number of amides is 4. The van der Waals surface area contributed by atoms with E-state index in [2.05, 4.69) is 82.1 Å². The molecule has 5 aromatic rings. The lowest BCUT2D eigenvalue weighted by Gasteiger charge is -2.30. The fourth-order valence-electron chi connectivity index (χ4n) is 13.7. The van der Waals surface area contributed by atoms with Gasteiger partial charge in [0.25, 0.3) is 0 Å². The maximum atomic E-state index is 14.4. The summed E-state index contributed by atoms with van der Waals surface area (Å²) in [5.74, 6) is 2.94. The van der Waals surface area contributed by atoms with Gasteiger partial charge < -0.3 is 39.9 Å². The summed E-state index contributed by atoms with van der Waals surface area (Å²) in [6.45, 7) is 9.18. The van der Waals surface area contributed by atoms with E-state index in [1.165, 1.54) is 67.7 Å². The van der Waals surface area contributed by atoms with Gasteiger partial charge in [0, 0.05) is 13.1 Å². The van der Waals surface area contributed by atoms with E-state index in [-0.39, 0.29) is 47.1 Å². The highest BCUT2D eigenvalue weighted by Gasteiger charge is 2.69. The van der Waals surface area contributed by atoms with Crippen LogP contribution in [0, 0.1) is 29.6 Å². The Hall–Kier alpha value is -6.18. The molecule has 1 spiro atoms. The van der Waals surface area contributed by atoms with Crippen molar-refractivity contribution >= 4 is 35.0 Å². The van der Waals surface area contributed by atoms with Crippen LogP contribution in [0.4, 0.5) is 9.59 Å². The molecular weight excluding hydrogens is 857 g/mol. The lowest BCUT2D eigenvalue weighted by Crippen LogP contribution is -2.52. The molecule has 2 aromatic heterocycles. The van der Waals surface area contributed by atoms with Crippen LogP contribution in [0.2, 0.25) is 0 Å². The minimum atomic E-state index is -0.952. The summed E-state index contributed by atoms with van der Waals surface area (Å²) >= 11 is 0. The molecule has 68 heavy (non-hydrogen) atoms. The first-order chi connectivity index (χ1) is 32.9. The standard InChI is InChI=1S/C54H64N8O6/c1-7-38-30(4)54(38,60-52(66)68-6)50(64)62-25-9-11-44(62)48-56-40-19-16-33(27-41(40)57-48)35-17-18-36(45-37(35)21-23-53(45)22-20-34-26-39(34)53)31-12-14-32(15-13-31)42-28-55-47(58-42)43-10-8-24-61(43)49(63)46(29(2)3)59-51(65)67-5/h12-19,27-30,34,38-39,43-44,46H,7-11,20-26H2,1-6H3,(H,55,58)(H,56,57)(H,59,65)(H,60,66)/t30?,34?,38?,39?,43-,44-,46-,53?,54?/m0/s1. The number of nitrogens with zero attached hydrogens (tertiary/aromatic N) is 4. The summed E-state index contributed by atoms with van der Waals surface area (Å²) < 4.78 is 9.79. The smallest absolute Gasteiger partial charge is 0.407 e. The maximum Gasteiger partial charge on any atom is 0.407 e. The Balaban J connectivity index is 0.866. The molecule has 4 amide bonds. The summed E-state index contributed by atoms with van der Waals surface area (Å²) in [6, 6.07) is 19.0. The molecule has 5 fully saturated rings. The normalized spacial score (nSPS) is 28.2. The van der Waals surface area contributed by atoms with Crippen LogP contribution in [-0.2, 0) is 30.9 Å². The second kappa shape index (κ2) is 16.8. The fraction of sp³-hybridized carbons (Fsp3) is 0.519. The van der Waals surface area contributed by atoms with Gasteiger partial charge in [-0.1, -0.05) is 76.6 Å². The van der Waals surface area contributed by atoms with Crippen molar-refractivity contribution in [3.8, 4) is 33.5 Å². The third kappa shape index (κ3) is 7.01. The van der Waals surface area contributed by atoms with Crippen molar-refractivity contribution in [3.63, 3.8) is 0 Å². The zero-order chi connectivity index (χ0) is 47.2. The van der Waals surface area contributed by atoms with E-state index in [4.69, 9.17) is 19.4 Å². The van der Waals surface area contributed by atoms with Crippen LogP contribution in [-0.4, -0.2) is 92.6 Å². The van der Waals surface area contributed by atoms with Crippen molar-refractivity contribution in [1.29, 1.82) is 0 Å². The number of aromatic amines is 2. The first kappa shape index (κ1) is 44.3. The van der Waals surface area contributed by atoms with E-state index in [0.717, 1.165) is 84.3 Å². The molecule has 0 radical (unpaired) electrons. The van der Waals surface area contributed by atoms with E-state index in [9.17, 15) is 19.2 Å². The molecule has 6 aliphatic rings. The Kier molecular flexibility index (Phi) is 11.0. The number of fused-ring (bicyclic) bond motifs is 5. The van der Waals surface area contributed by atoms with Gasteiger partial charge in [0.2, 0.25) is 11.8 Å². The molecule has 14 heteroatoms. The molecule has 0 bridgehead atoms. The van der Waals surface area contributed by atoms with Gasteiger partial charge in [0.15, 0.2) is 0 Å². The second-order valence-corrected chi connectivity index (χ2v) is 20.9. The second-order valence-electron chi connectivity index (χ2n) is 20.9. The van der Waals surface area contributed by atoms with Crippen molar-refractivity contribution in [3.05, 3.63) is 83.6 Å². The number of hydrogen-bond acceptors (Lipinski definition) is 8. The Bertz CT molecular complexity index is 2820. The molecule has 14 nitrogen and oxygen atoms in total. The highest BCUT2D eigenvalue weighted by atomic mass is 16.5. The predicted molar refractivity (Wildman–Crippen MR) is 258 cm³/mol. The maximum absolute atomic E-state index is 14.4. The molecule has 4 aliphatic carbocycles. The summed E-state index contributed by atoms with van der Waals surface area (Å²) in [6.07, 6.45) is 10.9. The Morgan fingerprint density at radius 3 is 2.22 bits per heavy atom. The van der Waals surface area contributed by atoms with Gasteiger partial charge in [0.1, 0.15) is 23.2 Å². The number of benzene rings is 3. The van der Waals surface area contributed by atoms with Crippen LogP contribution in [0.5, 0.6) is 0 Å². The number of carbonyl (C=O) groups is 4. The molecule has 6 unspecified atom stereocenters. The SMILES string of the molecule is CCC1C(C)C1(NC(=O)OC)C(=O)N1CCC[C@H]1c1nc2ccc(-c3ccc(-c4ccc(-c5cnc([C@@H]6CCCN6C(=O)[C@@H](NC(=O)OC)C(C)C)[nH]5)cc4)c4c3CCC43CCC4CC43)cc2[nH]1. The number of carbonyl (C=O) groups excluding carboxylic acids is 4. The molecule has 11 rings (SSSR count). The van der Waals surface area contributed by atoms with E-state index in [0.29, 0.717) is 13.1 Å². The van der Waals surface area contributed by atoms with Gasteiger partial charge in [-0.2, -0.15) is 0 Å². The lowest BCUT2D eigenvalue weighted by molar-refractivity contribution is -0.136. The zero-order valence-corrected chi connectivity index (χ0v) is 40.1. The number of nitrogens with one attached hydrogen (secondary N) is 4. The van der Waals surface area contributed by atoms with Crippen LogP contribution in [0.25, 0.3) is 44.5 Å². The van der Waals surface area contributed by atoms with Gasteiger partial charge in [0.05, 0.1) is 49.2 Å². The molecule has 3 aromatic carbocycles. The Labute approximate surface area is 397 Å². The van der Waals surface area contributed by atoms with Crippen molar-refractivity contribution in [2.45, 2.75) is 121 Å². The average molecular weight is 921 g/mol. The van der Waals surface area contributed by atoms with Crippen molar-refractivity contribution in [2.24, 2.45) is 29.6 Å². The zero-order valence-electron chi connectivity index (χ0n) is 40.1. The highest BCUT2D eigenvalue weighted by Crippen LogP contribution is 2.68. The Morgan fingerprint density at radius 2 is 1.54 bits per heavy atom.